The second-order valence-corrected chi connectivity index (χ2v) is 4.65. The van der Waals surface area contributed by atoms with Crippen molar-refractivity contribution in [1.29, 1.82) is 0 Å². The molecule has 1 aliphatic rings. The summed E-state index contributed by atoms with van der Waals surface area (Å²) in [4.78, 5) is 14.7. The summed E-state index contributed by atoms with van der Waals surface area (Å²) in [6, 6.07) is 0. The van der Waals surface area contributed by atoms with Gasteiger partial charge in [0.05, 0.1) is 12.7 Å². The minimum atomic E-state index is -3.31. The lowest BCUT2D eigenvalue weighted by atomic mass is 10.2. The first-order chi connectivity index (χ1) is 9.08. The summed E-state index contributed by atoms with van der Waals surface area (Å²) >= 11 is 0. The highest BCUT2D eigenvalue weighted by atomic mass is 19.3. The number of aromatic nitrogens is 2. The van der Waals surface area contributed by atoms with E-state index < -0.39 is 24.4 Å². The monoisotopic (exact) mass is 273 g/mol. The second-order valence-electron chi connectivity index (χ2n) is 4.65. The molecule has 19 heavy (non-hydrogen) atoms. The maximum Gasteiger partial charge on any atom is 0.377 e. The molecule has 1 fully saturated rings. The Morgan fingerprint density at radius 3 is 3.00 bits per heavy atom. The first kappa shape index (κ1) is 13.9. The lowest BCUT2D eigenvalue weighted by molar-refractivity contribution is -0.159. The molecular weight excluding hydrogens is 256 g/mol. The molecule has 106 valence electrons. The van der Waals surface area contributed by atoms with Crippen LogP contribution in [0.2, 0.25) is 0 Å². The number of rotatable bonds is 7. The van der Waals surface area contributed by atoms with Crippen LogP contribution in [0.1, 0.15) is 19.3 Å². The number of nitrogens with zero attached hydrogens (tertiary/aromatic N) is 2. The van der Waals surface area contributed by atoms with Gasteiger partial charge in [0.25, 0.3) is 0 Å². The first-order valence-corrected chi connectivity index (χ1v) is 6.33. The Bertz CT molecular complexity index is 409. The zero-order chi connectivity index (χ0) is 13.7. The normalized spacial score (nSPS) is 21.6. The third kappa shape index (κ3) is 3.99. The number of aryl methyl sites for hydroxylation is 1. The third-order valence-corrected chi connectivity index (χ3v) is 3.01. The molecular formula is C12H17F2N3O2. The Labute approximate surface area is 110 Å². The van der Waals surface area contributed by atoms with Crippen LogP contribution in [0.5, 0.6) is 0 Å². The van der Waals surface area contributed by atoms with Crippen LogP contribution in [0, 0.1) is 0 Å². The number of hydrogen-bond acceptors (Lipinski definition) is 4. The van der Waals surface area contributed by atoms with E-state index >= 15 is 0 Å². The number of carbonyl (C=O) groups excluding carboxylic acids is 1. The van der Waals surface area contributed by atoms with Gasteiger partial charge in [-0.3, -0.25) is 0 Å². The van der Waals surface area contributed by atoms with Gasteiger partial charge >= 0.3 is 11.9 Å². The lowest BCUT2D eigenvalue weighted by Gasteiger charge is -2.09. The van der Waals surface area contributed by atoms with Crippen LogP contribution < -0.4 is 5.32 Å². The highest BCUT2D eigenvalue weighted by Crippen LogP contribution is 2.30. The van der Waals surface area contributed by atoms with E-state index in [9.17, 15) is 13.6 Å². The molecule has 1 aromatic rings. The smallest absolute Gasteiger partial charge is 0.377 e. The van der Waals surface area contributed by atoms with Gasteiger partial charge in [0, 0.05) is 25.5 Å². The maximum atomic E-state index is 12.9. The first-order valence-electron chi connectivity index (χ1n) is 6.33. The molecule has 5 nitrogen and oxygen atoms in total. The van der Waals surface area contributed by atoms with Crippen LogP contribution in [-0.4, -0.2) is 40.6 Å². The Morgan fingerprint density at radius 2 is 2.37 bits per heavy atom. The quantitative estimate of drug-likeness (QED) is 0.599. The van der Waals surface area contributed by atoms with Crippen molar-refractivity contribution in [3.8, 4) is 0 Å². The number of alkyl halides is 2. The summed E-state index contributed by atoms with van der Waals surface area (Å²) in [6.07, 6.45) is 6.05. The van der Waals surface area contributed by atoms with Gasteiger partial charge in [0.2, 0.25) is 0 Å². The predicted molar refractivity (Wildman–Crippen MR) is 63.8 cm³/mol. The number of halogens is 2. The molecule has 1 N–H and O–H groups in total. The molecule has 7 heteroatoms. The van der Waals surface area contributed by atoms with Crippen molar-refractivity contribution in [2.24, 2.45) is 0 Å². The topological polar surface area (TPSA) is 56.1 Å². The summed E-state index contributed by atoms with van der Waals surface area (Å²) in [7, 11) is 0. The van der Waals surface area contributed by atoms with Gasteiger partial charge in [-0.1, -0.05) is 0 Å². The minimum Gasteiger partial charge on any atom is -0.456 e. The van der Waals surface area contributed by atoms with Gasteiger partial charge in [-0.05, 0) is 19.4 Å². The van der Waals surface area contributed by atoms with Gasteiger partial charge in [-0.2, -0.15) is 8.78 Å². The molecule has 1 aromatic heterocycles. The number of esters is 1. The zero-order valence-corrected chi connectivity index (χ0v) is 10.5. The fourth-order valence-electron chi connectivity index (χ4n) is 1.99. The fraction of sp³-hybridized carbons (Fsp3) is 0.667. The fourth-order valence-corrected chi connectivity index (χ4v) is 1.99. The van der Waals surface area contributed by atoms with Crippen LogP contribution in [0.25, 0.3) is 0 Å². The summed E-state index contributed by atoms with van der Waals surface area (Å²) < 4.78 is 32.3. The van der Waals surface area contributed by atoms with E-state index in [4.69, 9.17) is 0 Å². The maximum absolute atomic E-state index is 12.9. The Hall–Kier alpha value is -1.50. The Kier molecular flexibility index (Phi) is 4.47. The molecule has 0 radical (unpaired) electrons. The average Bonchev–Trinajstić information content (AvgIpc) is 2.93. The van der Waals surface area contributed by atoms with Gasteiger partial charge < -0.3 is 14.6 Å². The number of carbonyl (C=O) groups is 1. The molecule has 1 atom stereocenters. The van der Waals surface area contributed by atoms with E-state index in [-0.39, 0.29) is 6.54 Å². The largest absolute Gasteiger partial charge is 0.456 e. The number of unbranched alkanes of at least 4 members (excludes halogenated alkanes) is 1. The van der Waals surface area contributed by atoms with Crippen molar-refractivity contribution >= 4 is 5.97 Å². The van der Waals surface area contributed by atoms with E-state index in [2.05, 4.69) is 15.0 Å². The molecule has 1 aliphatic heterocycles. The summed E-state index contributed by atoms with van der Waals surface area (Å²) in [5.41, 5.74) is 0. The number of nitrogens with one attached hydrogen (secondary N) is 1. The van der Waals surface area contributed by atoms with Crippen molar-refractivity contribution in [3.05, 3.63) is 18.7 Å². The summed E-state index contributed by atoms with van der Waals surface area (Å²) in [5, 5.41) is 3.03. The minimum absolute atomic E-state index is 0.284. The van der Waals surface area contributed by atoms with Gasteiger partial charge in [-0.15, -0.1) is 0 Å². The Morgan fingerprint density at radius 1 is 1.53 bits per heavy atom. The van der Waals surface area contributed by atoms with Gasteiger partial charge in [-0.25, -0.2) is 9.78 Å². The standard InChI is InChI=1S/C12H17F2N3O2/c13-12(14)7-10(19-11(12)18)8-15-3-1-2-5-17-6-4-16-9-17/h4,6,9-10,15H,1-3,5,7-8H2. The molecule has 2 rings (SSSR count). The molecule has 2 heterocycles. The lowest BCUT2D eigenvalue weighted by Crippen LogP contribution is -2.28. The van der Waals surface area contributed by atoms with Crippen LogP contribution in [0.3, 0.4) is 0 Å². The second kappa shape index (κ2) is 6.10. The molecule has 1 unspecified atom stereocenters. The van der Waals surface area contributed by atoms with Gasteiger partial charge in [0.1, 0.15) is 6.10 Å². The van der Waals surface area contributed by atoms with E-state index in [1.165, 1.54) is 0 Å². The van der Waals surface area contributed by atoms with E-state index in [0.29, 0.717) is 6.54 Å². The zero-order valence-electron chi connectivity index (χ0n) is 10.5. The SMILES string of the molecule is O=C1OC(CNCCCCn2ccnc2)CC1(F)F. The number of ether oxygens (including phenoxy) is 1. The Balaban J connectivity index is 1.52. The van der Waals surface area contributed by atoms with Crippen molar-refractivity contribution in [3.63, 3.8) is 0 Å². The molecule has 0 saturated carbocycles. The van der Waals surface area contributed by atoms with Gasteiger partial charge in [0.15, 0.2) is 0 Å². The summed E-state index contributed by atoms with van der Waals surface area (Å²) in [6.45, 7) is 1.89. The van der Waals surface area contributed by atoms with Crippen LogP contribution in [0.15, 0.2) is 18.7 Å². The van der Waals surface area contributed by atoms with Crippen LogP contribution >= 0.6 is 0 Å². The number of imidazole rings is 1. The third-order valence-electron chi connectivity index (χ3n) is 3.01. The van der Waals surface area contributed by atoms with Crippen molar-refractivity contribution in [2.75, 3.05) is 13.1 Å². The van der Waals surface area contributed by atoms with E-state index in [0.717, 1.165) is 19.4 Å². The molecule has 0 aliphatic carbocycles. The van der Waals surface area contributed by atoms with Crippen molar-refractivity contribution in [2.45, 2.75) is 37.8 Å². The van der Waals surface area contributed by atoms with E-state index in [1.54, 1.807) is 12.5 Å². The van der Waals surface area contributed by atoms with Crippen molar-refractivity contribution in [1.82, 2.24) is 14.9 Å². The highest BCUT2D eigenvalue weighted by Gasteiger charge is 2.50. The predicted octanol–water partition coefficient (Wildman–Crippen LogP) is 1.20. The summed E-state index contributed by atoms with van der Waals surface area (Å²) in [5.74, 6) is -4.72. The number of hydrogen-bond donors (Lipinski definition) is 1. The molecule has 0 amide bonds. The van der Waals surface area contributed by atoms with Crippen LogP contribution in [-0.2, 0) is 16.1 Å². The molecule has 0 bridgehead atoms. The van der Waals surface area contributed by atoms with E-state index in [1.807, 2.05) is 10.8 Å². The average molecular weight is 273 g/mol. The van der Waals surface area contributed by atoms with Crippen LogP contribution in [0.4, 0.5) is 8.78 Å². The highest BCUT2D eigenvalue weighted by molar-refractivity contribution is 5.79. The van der Waals surface area contributed by atoms with Crippen molar-refractivity contribution < 1.29 is 18.3 Å². The number of cyclic esters (lactones) is 1. The molecule has 1 saturated heterocycles. The molecule has 0 aromatic carbocycles. The molecule has 0 spiro atoms.